The number of halogens is 5. The zero-order chi connectivity index (χ0) is 17.5. The molecule has 0 fully saturated rings. The maximum Gasteiger partial charge on any atom is 0.367 e. The second kappa shape index (κ2) is 6.20. The van der Waals surface area contributed by atoms with Gasteiger partial charge in [-0.15, -0.1) is 0 Å². The first-order valence-electron chi connectivity index (χ1n) is 7.36. The molecule has 0 aromatic heterocycles. The first-order valence-corrected chi connectivity index (χ1v) is 11.2. The predicted octanol–water partition coefficient (Wildman–Crippen LogP) is 5.80. The van der Waals surface area contributed by atoms with Crippen LogP contribution in [0.1, 0.15) is 19.8 Å². The van der Waals surface area contributed by atoms with Crippen LogP contribution < -0.4 is 5.19 Å². The van der Waals surface area contributed by atoms with Crippen molar-refractivity contribution < 1.29 is 17.6 Å². The number of hydrogen-bond donors (Lipinski definition) is 0. The molecule has 23 heavy (non-hydrogen) atoms. The lowest BCUT2D eigenvalue weighted by molar-refractivity contribution is -0.121. The summed E-state index contributed by atoms with van der Waals surface area (Å²) in [7, 11) is -2.46. The fraction of sp³-hybridized carbons (Fsp3) is 0.412. The van der Waals surface area contributed by atoms with E-state index in [1.165, 1.54) is 0 Å². The van der Waals surface area contributed by atoms with Crippen molar-refractivity contribution in [3.8, 4) is 0 Å². The van der Waals surface area contributed by atoms with Crippen LogP contribution in [0.15, 0.2) is 52.8 Å². The highest BCUT2D eigenvalue weighted by Crippen LogP contribution is 2.49. The molecule has 0 bridgehead atoms. The van der Waals surface area contributed by atoms with Crippen LogP contribution >= 0.6 is 15.9 Å². The molecule has 1 aromatic rings. The van der Waals surface area contributed by atoms with Gasteiger partial charge in [0, 0.05) is 5.57 Å². The summed E-state index contributed by atoms with van der Waals surface area (Å²) in [5.74, 6) is -4.20. The van der Waals surface area contributed by atoms with Crippen molar-refractivity contribution in [2.75, 3.05) is 0 Å². The topological polar surface area (TPSA) is 0 Å². The second-order valence-electron chi connectivity index (χ2n) is 6.45. The maximum absolute atomic E-state index is 14.4. The third-order valence-electron chi connectivity index (χ3n) is 4.46. The standard InChI is InChI=1S/C17H19BrF4Si/c1-12-9-10-15(14(11-12)16(19,20)17(18,21)22)23(2,3)13-7-5-4-6-8-13/h4-9H,10-11H2,1-3H3. The highest BCUT2D eigenvalue weighted by atomic mass is 79.9. The van der Waals surface area contributed by atoms with Gasteiger partial charge in [-0.1, -0.05) is 65.5 Å². The third-order valence-corrected chi connectivity index (χ3v) is 8.75. The van der Waals surface area contributed by atoms with Gasteiger partial charge >= 0.3 is 10.8 Å². The molecule has 1 aliphatic rings. The van der Waals surface area contributed by atoms with Crippen LogP contribution in [0.4, 0.5) is 17.6 Å². The summed E-state index contributed by atoms with van der Waals surface area (Å²) in [6.07, 6.45) is 2.08. The van der Waals surface area contributed by atoms with Crippen molar-refractivity contribution in [1.29, 1.82) is 0 Å². The van der Waals surface area contributed by atoms with Crippen molar-refractivity contribution in [3.63, 3.8) is 0 Å². The smallest absolute Gasteiger partial charge is 0.194 e. The molecular weight excluding hydrogens is 388 g/mol. The Morgan fingerprint density at radius 1 is 1.04 bits per heavy atom. The van der Waals surface area contributed by atoms with E-state index in [9.17, 15) is 17.6 Å². The summed E-state index contributed by atoms with van der Waals surface area (Å²) in [5.41, 5.74) is 0.290. The lowest BCUT2D eigenvalue weighted by Gasteiger charge is -2.36. The van der Waals surface area contributed by atoms with E-state index in [2.05, 4.69) is 0 Å². The van der Waals surface area contributed by atoms with Crippen LogP contribution in [0.2, 0.25) is 13.1 Å². The molecule has 1 aromatic carbocycles. The van der Waals surface area contributed by atoms with Crippen LogP contribution in [0, 0.1) is 0 Å². The molecule has 0 spiro atoms. The Hall–Kier alpha value is -0.883. The maximum atomic E-state index is 14.4. The molecule has 6 heteroatoms. The summed E-state index contributed by atoms with van der Waals surface area (Å²) in [4.78, 5) is -4.25. The minimum absolute atomic E-state index is 0.104. The molecule has 0 aliphatic heterocycles. The molecule has 0 atom stereocenters. The molecular formula is C17H19BrF4Si. The van der Waals surface area contributed by atoms with Crippen molar-refractivity contribution in [1.82, 2.24) is 0 Å². The Morgan fingerprint density at radius 3 is 2.13 bits per heavy atom. The molecule has 0 amide bonds. The fourth-order valence-corrected chi connectivity index (χ4v) is 6.22. The molecule has 2 rings (SSSR count). The summed E-state index contributed by atoms with van der Waals surface area (Å²) in [6, 6.07) is 9.35. The van der Waals surface area contributed by atoms with Gasteiger partial charge in [-0.2, -0.15) is 17.6 Å². The predicted molar refractivity (Wildman–Crippen MR) is 92.4 cm³/mol. The second-order valence-corrected chi connectivity index (χ2v) is 11.9. The number of allylic oxidation sites excluding steroid dienone is 4. The van der Waals surface area contributed by atoms with Crippen molar-refractivity contribution in [2.45, 2.75) is 43.6 Å². The van der Waals surface area contributed by atoms with E-state index >= 15 is 0 Å². The SMILES string of the molecule is CC1=CCC([Si](C)(C)c2ccccc2)=C(C(F)(F)C(F)(F)Br)C1. The van der Waals surface area contributed by atoms with Gasteiger partial charge in [-0.25, -0.2) is 0 Å². The molecule has 126 valence electrons. The summed E-state index contributed by atoms with van der Waals surface area (Å²) in [6.45, 7) is 5.58. The van der Waals surface area contributed by atoms with Crippen LogP contribution in [0.5, 0.6) is 0 Å². The van der Waals surface area contributed by atoms with Crippen LogP contribution in [0.25, 0.3) is 0 Å². The van der Waals surface area contributed by atoms with E-state index in [4.69, 9.17) is 0 Å². The van der Waals surface area contributed by atoms with Gasteiger partial charge in [-0.3, -0.25) is 0 Å². The largest absolute Gasteiger partial charge is 0.367 e. The fourth-order valence-electron chi connectivity index (χ4n) is 2.99. The molecule has 1 aliphatic carbocycles. The Labute approximate surface area is 143 Å². The monoisotopic (exact) mass is 406 g/mol. The van der Waals surface area contributed by atoms with Gasteiger partial charge in [0.05, 0.1) is 0 Å². The van der Waals surface area contributed by atoms with Gasteiger partial charge in [0.25, 0.3) is 0 Å². The molecule has 0 heterocycles. The quantitative estimate of drug-likeness (QED) is 0.256. The number of rotatable bonds is 4. The van der Waals surface area contributed by atoms with E-state index in [0.717, 1.165) is 5.19 Å². The van der Waals surface area contributed by atoms with Crippen LogP contribution in [-0.4, -0.2) is 18.8 Å². The average molecular weight is 407 g/mol. The van der Waals surface area contributed by atoms with Gasteiger partial charge in [0.2, 0.25) is 0 Å². The molecule has 0 N–H and O–H groups in total. The van der Waals surface area contributed by atoms with E-state index in [-0.39, 0.29) is 6.42 Å². The summed E-state index contributed by atoms with van der Waals surface area (Å²) in [5, 5.41) is 1.47. The van der Waals surface area contributed by atoms with Crippen molar-refractivity contribution >= 4 is 29.2 Å². The number of benzene rings is 1. The van der Waals surface area contributed by atoms with Gasteiger partial charge in [-0.05, 0) is 35.7 Å². The van der Waals surface area contributed by atoms with E-state index in [1.807, 2.05) is 65.4 Å². The lowest BCUT2D eigenvalue weighted by atomic mass is 9.94. The highest BCUT2D eigenvalue weighted by Gasteiger charge is 2.58. The number of hydrogen-bond acceptors (Lipinski definition) is 0. The Morgan fingerprint density at radius 2 is 1.61 bits per heavy atom. The molecule has 0 nitrogen and oxygen atoms in total. The van der Waals surface area contributed by atoms with E-state index in [0.29, 0.717) is 17.2 Å². The Kier molecular flexibility index (Phi) is 4.98. The number of alkyl halides is 5. The van der Waals surface area contributed by atoms with E-state index < -0.39 is 24.4 Å². The average Bonchev–Trinajstić information content (AvgIpc) is 2.46. The lowest BCUT2D eigenvalue weighted by Crippen LogP contribution is -2.48. The Balaban J connectivity index is 2.61. The molecule has 0 saturated carbocycles. The minimum Gasteiger partial charge on any atom is -0.194 e. The summed E-state index contributed by atoms with van der Waals surface area (Å²) < 4.78 is 55.9. The zero-order valence-electron chi connectivity index (χ0n) is 13.3. The third kappa shape index (κ3) is 3.48. The first kappa shape index (κ1) is 18.5. The van der Waals surface area contributed by atoms with Gasteiger partial charge < -0.3 is 0 Å². The highest BCUT2D eigenvalue weighted by molar-refractivity contribution is 9.10. The zero-order valence-corrected chi connectivity index (χ0v) is 15.9. The van der Waals surface area contributed by atoms with Crippen molar-refractivity contribution in [2.24, 2.45) is 0 Å². The minimum atomic E-state index is -4.25. The Bertz CT molecular complexity index is 642. The van der Waals surface area contributed by atoms with Gasteiger partial charge in [0.1, 0.15) is 8.07 Å². The van der Waals surface area contributed by atoms with Crippen LogP contribution in [-0.2, 0) is 0 Å². The molecule has 0 radical (unpaired) electrons. The summed E-state index contributed by atoms with van der Waals surface area (Å²) >= 11 is 1.88. The van der Waals surface area contributed by atoms with Crippen LogP contribution in [0.3, 0.4) is 0 Å². The van der Waals surface area contributed by atoms with E-state index in [1.54, 1.807) is 6.92 Å². The van der Waals surface area contributed by atoms with Crippen molar-refractivity contribution in [3.05, 3.63) is 52.8 Å². The first-order chi connectivity index (χ1) is 10.5. The molecule has 0 saturated heterocycles. The van der Waals surface area contributed by atoms with Gasteiger partial charge in [0.15, 0.2) is 0 Å². The molecule has 0 unspecified atom stereocenters. The normalized spacial score (nSPS) is 17.3.